The number of nitro benzene ring substituents is 2. The summed E-state index contributed by atoms with van der Waals surface area (Å²) in [6.45, 7) is 0. The largest absolute Gasteiger partial charge is 0.494 e. The fraction of sp³-hybridized carbons (Fsp3) is 0.0500. The molecule has 16 heteroatoms. The van der Waals surface area contributed by atoms with Gasteiger partial charge in [-0.25, -0.2) is 0 Å². The standard InChI is InChI=1S/C40H32N10O6/c1-55-37-25-29(13-23-35(37)43-47-39(27-9-5-3-6-10-27)45-41-31-15-19-33(20-16-31)49(51)52)30-14-24-36(38(26-30)56-2)44-48-40(28-11-7-4-8-12-28)46-42-32-17-21-34(22-18-32)50(53)54/h3-26,43-44H,1-2H3/b45-41?,46-42?,47-39+,48-40+. The minimum atomic E-state index is -0.480. The Bertz CT molecular complexity index is 2270. The predicted octanol–water partition coefficient (Wildman–Crippen LogP) is 10.3. The van der Waals surface area contributed by atoms with Gasteiger partial charge in [-0.2, -0.15) is 10.2 Å². The van der Waals surface area contributed by atoms with Crippen LogP contribution in [0.1, 0.15) is 11.1 Å². The van der Waals surface area contributed by atoms with Crippen LogP contribution in [0.3, 0.4) is 0 Å². The molecule has 0 saturated heterocycles. The van der Waals surface area contributed by atoms with E-state index in [4.69, 9.17) is 9.47 Å². The molecular formula is C40H32N10O6. The molecule has 0 atom stereocenters. The molecule has 0 radical (unpaired) electrons. The van der Waals surface area contributed by atoms with Gasteiger partial charge in [-0.3, -0.25) is 31.1 Å². The number of non-ortho nitro benzene ring substituents is 2. The summed E-state index contributed by atoms with van der Waals surface area (Å²) in [5.41, 5.74) is 11.0. The number of azo groups is 2. The first kappa shape index (κ1) is 37.6. The summed E-state index contributed by atoms with van der Waals surface area (Å²) in [5.74, 6) is 1.55. The first-order chi connectivity index (χ1) is 27.3. The molecule has 0 aliphatic heterocycles. The number of nitrogens with one attached hydrogen (secondary N) is 2. The van der Waals surface area contributed by atoms with Crippen LogP contribution in [0.2, 0.25) is 0 Å². The Balaban J connectivity index is 1.22. The zero-order valence-corrected chi connectivity index (χ0v) is 29.9. The van der Waals surface area contributed by atoms with Crippen molar-refractivity contribution in [3.63, 3.8) is 0 Å². The van der Waals surface area contributed by atoms with E-state index in [1.807, 2.05) is 97.1 Å². The molecule has 6 rings (SSSR count). The summed E-state index contributed by atoms with van der Waals surface area (Å²) in [7, 11) is 3.10. The molecule has 0 saturated carbocycles. The van der Waals surface area contributed by atoms with Crippen molar-refractivity contribution in [1.29, 1.82) is 0 Å². The maximum Gasteiger partial charge on any atom is 0.269 e. The highest BCUT2D eigenvalue weighted by Gasteiger charge is 2.12. The molecule has 0 aliphatic rings. The van der Waals surface area contributed by atoms with Gasteiger partial charge in [-0.05, 0) is 59.7 Å². The van der Waals surface area contributed by atoms with Crippen molar-refractivity contribution in [3.8, 4) is 22.6 Å². The number of anilines is 2. The summed E-state index contributed by atoms with van der Waals surface area (Å²) in [5, 5.41) is 48.2. The molecule has 0 spiro atoms. The van der Waals surface area contributed by atoms with Crippen molar-refractivity contribution in [2.75, 3.05) is 25.1 Å². The number of rotatable bonds is 13. The van der Waals surface area contributed by atoms with Gasteiger partial charge in [0, 0.05) is 35.4 Å². The molecule has 0 aliphatic carbocycles. The van der Waals surface area contributed by atoms with Crippen LogP contribution in [-0.2, 0) is 0 Å². The number of benzene rings is 6. The Morgan fingerprint density at radius 3 is 1.23 bits per heavy atom. The predicted molar refractivity (Wildman–Crippen MR) is 213 cm³/mol. The normalized spacial score (nSPS) is 11.8. The third-order valence-electron chi connectivity index (χ3n) is 8.01. The van der Waals surface area contributed by atoms with Gasteiger partial charge in [0.15, 0.2) is 0 Å². The first-order valence-corrected chi connectivity index (χ1v) is 16.8. The van der Waals surface area contributed by atoms with Gasteiger partial charge in [0.1, 0.15) is 11.5 Å². The van der Waals surface area contributed by atoms with Crippen molar-refractivity contribution < 1.29 is 19.3 Å². The van der Waals surface area contributed by atoms with E-state index in [1.54, 1.807) is 14.2 Å². The van der Waals surface area contributed by atoms with Crippen LogP contribution in [0.5, 0.6) is 11.5 Å². The number of hydrogen-bond donors (Lipinski definition) is 2. The van der Waals surface area contributed by atoms with Crippen LogP contribution in [0.25, 0.3) is 11.1 Å². The number of hydrazone groups is 2. The van der Waals surface area contributed by atoms with Gasteiger partial charge in [-0.1, -0.05) is 72.8 Å². The van der Waals surface area contributed by atoms with Crippen LogP contribution < -0.4 is 20.3 Å². The van der Waals surface area contributed by atoms with Crippen LogP contribution in [0, 0.1) is 20.2 Å². The van der Waals surface area contributed by atoms with Gasteiger partial charge in [0.05, 0.1) is 46.8 Å². The average molecular weight is 749 g/mol. The van der Waals surface area contributed by atoms with Gasteiger partial charge in [0.2, 0.25) is 11.7 Å². The highest BCUT2D eigenvalue weighted by Crippen LogP contribution is 2.35. The monoisotopic (exact) mass is 748 g/mol. The molecule has 6 aromatic carbocycles. The number of nitrogens with zero attached hydrogens (tertiary/aromatic N) is 8. The van der Waals surface area contributed by atoms with Crippen LogP contribution in [-0.4, -0.2) is 35.7 Å². The molecule has 278 valence electrons. The van der Waals surface area contributed by atoms with Crippen molar-refractivity contribution in [2.45, 2.75) is 0 Å². The SMILES string of the molecule is COc1cc(-c2ccc(N/N=C(/N=Nc3ccc([N+](=O)[O-])cc3)c3ccccc3)c(OC)c2)ccc1N/N=C(/N=Nc1ccc([N+](=O)[O-])cc1)c1ccccc1. The van der Waals surface area contributed by atoms with E-state index in [0.29, 0.717) is 45.4 Å². The van der Waals surface area contributed by atoms with Crippen molar-refractivity contribution in [1.82, 2.24) is 0 Å². The Labute approximate surface area is 319 Å². The second-order valence-electron chi connectivity index (χ2n) is 11.6. The summed E-state index contributed by atoms with van der Waals surface area (Å²) in [6.07, 6.45) is 0. The molecule has 0 bridgehead atoms. The van der Waals surface area contributed by atoms with E-state index in [-0.39, 0.29) is 23.0 Å². The number of nitro groups is 2. The molecule has 16 nitrogen and oxygen atoms in total. The molecule has 0 amide bonds. The van der Waals surface area contributed by atoms with Crippen LogP contribution in [0.15, 0.2) is 176 Å². The maximum atomic E-state index is 11.0. The molecule has 56 heavy (non-hydrogen) atoms. The van der Waals surface area contributed by atoms with Crippen LogP contribution in [0.4, 0.5) is 34.1 Å². The van der Waals surface area contributed by atoms with E-state index in [9.17, 15) is 20.2 Å². The fourth-order valence-electron chi connectivity index (χ4n) is 5.11. The smallest absolute Gasteiger partial charge is 0.269 e. The second kappa shape index (κ2) is 18.1. The van der Waals surface area contributed by atoms with E-state index in [2.05, 4.69) is 41.5 Å². The summed E-state index contributed by atoms with van der Waals surface area (Å²) in [6, 6.07) is 41.1. The van der Waals surface area contributed by atoms with E-state index in [0.717, 1.165) is 11.1 Å². The minimum absolute atomic E-state index is 0.0470. The Morgan fingerprint density at radius 1 is 0.518 bits per heavy atom. The number of ether oxygens (including phenoxy) is 2. The van der Waals surface area contributed by atoms with Gasteiger partial charge < -0.3 is 9.47 Å². The van der Waals surface area contributed by atoms with Gasteiger partial charge in [-0.15, -0.1) is 20.5 Å². The first-order valence-electron chi connectivity index (χ1n) is 16.8. The third kappa shape index (κ3) is 9.64. The lowest BCUT2D eigenvalue weighted by atomic mass is 10.0. The number of amidine groups is 2. The Kier molecular flexibility index (Phi) is 12.1. The lowest BCUT2D eigenvalue weighted by Crippen LogP contribution is -2.02. The third-order valence-corrected chi connectivity index (χ3v) is 8.01. The summed E-state index contributed by atoms with van der Waals surface area (Å²) in [4.78, 5) is 21.1. The van der Waals surface area contributed by atoms with Crippen molar-refractivity contribution >= 4 is 45.8 Å². The van der Waals surface area contributed by atoms with Crippen LogP contribution >= 0.6 is 0 Å². The molecule has 0 heterocycles. The van der Waals surface area contributed by atoms with E-state index < -0.39 is 9.85 Å². The maximum absolute atomic E-state index is 11.0. The van der Waals surface area contributed by atoms with Gasteiger partial charge in [0.25, 0.3) is 11.4 Å². The molecule has 2 N–H and O–H groups in total. The zero-order chi connectivity index (χ0) is 39.3. The minimum Gasteiger partial charge on any atom is -0.494 e. The van der Waals surface area contributed by atoms with Crippen molar-refractivity contribution in [2.24, 2.45) is 30.7 Å². The summed E-state index contributed by atoms with van der Waals surface area (Å²) < 4.78 is 11.4. The average Bonchev–Trinajstić information content (AvgIpc) is 3.24. The van der Waals surface area contributed by atoms with E-state index in [1.165, 1.54) is 48.5 Å². The molecule has 0 aromatic heterocycles. The number of hydrogen-bond acceptors (Lipinski definition) is 12. The van der Waals surface area contributed by atoms with E-state index >= 15 is 0 Å². The lowest BCUT2D eigenvalue weighted by molar-refractivity contribution is -0.385. The zero-order valence-electron chi connectivity index (χ0n) is 29.9. The quantitative estimate of drug-likeness (QED) is 0.0381. The molecule has 6 aromatic rings. The second-order valence-corrected chi connectivity index (χ2v) is 11.6. The Morgan fingerprint density at radius 2 is 0.893 bits per heavy atom. The highest BCUT2D eigenvalue weighted by atomic mass is 16.6. The molecule has 0 fully saturated rings. The molecular weight excluding hydrogens is 717 g/mol. The van der Waals surface area contributed by atoms with Crippen molar-refractivity contribution in [3.05, 3.63) is 177 Å². The highest BCUT2D eigenvalue weighted by molar-refractivity contribution is 6.00. The fourth-order valence-corrected chi connectivity index (χ4v) is 5.11. The lowest BCUT2D eigenvalue weighted by Gasteiger charge is -2.13. The Hall–Kier alpha value is -8.14. The summed E-state index contributed by atoms with van der Waals surface area (Å²) >= 11 is 0. The number of methoxy groups -OCH3 is 2. The van der Waals surface area contributed by atoms with Gasteiger partial charge >= 0.3 is 0 Å². The topological polar surface area (TPSA) is 203 Å². The molecule has 0 unspecified atom stereocenters.